The van der Waals surface area contributed by atoms with E-state index in [4.69, 9.17) is 0 Å². The van der Waals surface area contributed by atoms with E-state index in [1.54, 1.807) is 12.1 Å². The first-order valence-electron chi connectivity index (χ1n) is 5.67. The summed E-state index contributed by atoms with van der Waals surface area (Å²) in [6.07, 6.45) is -4.70. The number of halogens is 3. The molecule has 0 heterocycles. The average Bonchev–Trinajstić information content (AvgIpc) is 2.28. The first-order chi connectivity index (χ1) is 8.88. The third-order valence-electron chi connectivity index (χ3n) is 2.19. The molecule has 0 bridgehead atoms. The molecular weight excluding hydrogens is 261 g/mol. The molecule has 1 rings (SSSR count). The normalized spacial score (nSPS) is 11.2. The lowest BCUT2D eigenvalue weighted by Gasteiger charge is -2.13. The van der Waals surface area contributed by atoms with E-state index < -0.39 is 6.36 Å². The highest BCUT2D eigenvalue weighted by atomic mass is 19.4. The maximum Gasteiger partial charge on any atom is 0.573 e. The SMILES string of the molecule is CC(=O)NCCNCc1ccccc1OC(F)(F)F. The number of ether oxygens (including phenoxy) is 1. The van der Waals surface area contributed by atoms with Gasteiger partial charge in [0.2, 0.25) is 5.91 Å². The van der Waals surface area contributed by atoms with Crippen LogP contribution in [-0.4, -0.2) is 25.4 Å². The lowest BCUT2D eigenvalue weighted by molar-refractivity contribution is -0.274. The van der Waals surface area contributed by atoms with Gasteiger partial charge >= 0.3 is 6.36 Å². The number of hydrogen-bond donors (Lipinski definition) is 2. The van der Waals surface area contributed by atoms with Crippen molar-refractivity contribution >= 4 is 5.91 Å². The quantitative estimate of drug-likeness (QED) is 0.779. The van der Waals surface area contributed by atoms with Crippen molar-refractivity contribution in [3.8, 4) is 5.75 Å². The Labute approximate surface area is 108 Å². The summed E-state index contributed by atoms with van der Waals surface area (Å²) in [5.41, 5.74) is 0.405. The molecule has 0 radical (unpaired) electrons. The summed E-state index contributed by atoms with van der Waals surface area (Å²) in [6.45, 7) is 2.50. The van der Waals surface area contributed by atoms with E-state index in [1.165, 1.54) is 19.1 Å². The molecule has 0 aliphatic rings. The molecule has 106 valence electrons. The molecular formula is C12H15F3N2O2. The number of para-hydroxylation sites is 1. The maximum absolute atomic E-state index is 12.2. The third-order valence-corrected chi connectivity index (χ3v) is 2.19. The molecule has 4 nitrogen and oxygen atoms in total. The second-order valence-electron chi connectivity index (χ2n) is 3.82. The van der Waals surface area contributed by atoms with E-state index in [1.807, 2.05) is 0 Å². The molecule has 0 aromatic heterocycles. The number of carbonyl (C=O) groups excluding carboxylic acids is 1. The number of amides is 1. The summed E-state index contributed by atoms with van der Waals surface area (Å²) in [6, 6.07) is 5.92. The number of benzene rings is 1. The average molecular weight is 276 g/mol. The Morgan fingerprint density at radius 3 is 2.58 bits per heavy atom. The Balaban J connectivity index is 2.47. The highest BCUT2D eigenvalue weighted by molar-refractivity contribution is 5.72. The number of nitrogens with one attached hydrogen (secondary N) is 2. The predicted octanol–water partition coefficient (Wildman–Crippen LogP) is 1.81. The minimum atomic E-state index is -4.70. The first kappa shape index (κ1) is 15.3. The van der Waals surface area contributed by atoms with Crippen LogP contribution < -0.4 is 15.4 Å². The molecule has 0 atom stereocenters. The molecule has 0 aliphatic carbocycles. The van der Waals surface area contributed by atoms with Crippen LogP contribution in [0.4, 0.5) is 13.2 Å². The largest absolute Gasteiger partial charge is 0.573 e. The van der Waals surface area contributed by atoms with Gasteiger partial charge in [0.1, 0.15) is 5.75 Å². The summed E-state index contributed by atoms with van der Waals surface area (Å²) >= 11 is 0. The van der Waals surface area contributed by atoms with Crippen molar-refractivity contribution in [1.82, 2.24) is 10.6 Å². The van der Waals surface area contributed by atoms with Crippen LogP contribution in [-0.2, 0) is 11.3 Å². The van der Waals surface area contributed by atoms with Crippen LogP contribution >= 0.6 is 0 Å². The number of rotatable bonds is 6. The van der Waals surface area contributed by atoms with E-state index >= 15 is 0 Å². The van der Waals surface area contributed by atoms with Gasteiger partial charge in [-0.3, -0.25) is 4.79 Å². The molecule has 19 heavy (non-hydrogen) atoms. The van der Waals surface area contributed by atoms with Gasteiger partial charge in [-0.25, -0.2) is 0 Å². The molecule has 0 aliphatic heterocycles. The van der Waals surface area contributed by atoms with Gasteiger partial charge in [-0.15, -0.1) is 13.2 Å². The van der Waals surface area contributed by atoms with Crippen molar-refractivity contribution in [2.45, 2.75) is 19.8 Å². The zero-order valence-corrected chi connectivity index (χ0v) is 10.4. The van der Waals surface area contributed by atoms with E-state index in [0.717, 1.165) is 0 Å². The van der Waals surface area contributed by atoms with Gasteiger partial charge < -0.3 is 15.4 Å². The fourth-order valence-corrected chi connectivity index (χ4v) is 1.42. The summed E-state index contributed by atoms with van der Waals surface area (Å²) in [7, 11) is 0. The van der Waals surface area contributed by atoms with Gasteiger partial charge in [0.25, 0.3) is 0 Å². The van der Waals surface area contributed by atoms with Crippen LogP contribution in [0.5, 0.6) is 5.75 Å². The third kappa shape index (κ3) is 6.66. The van der Waals surface area contributed by atoms with Crippen molar-refractivity contribution in [2.75, 3.05) is 13.1 Å². The summed E-state index contributed by atoms with van der Waals surface area (Å²) < 4.78 is 40.4. The van der Waals surface area contributed by atoms with Crippen LogP contribution in [0.2, 0.25) is 0 Å². The van der Waals surface area contributed by atoms with Gasteiger partial charge in [0.15, 0.2) is 0 Å². The van der Waals surface area contributed by atoms with Crippen LogP contribution in [0, 0.1) is 0 Å². The fourth-order valence-electron chi connectivity index (χ4n) is 1.42. The highest BCUT2D eigenvalue weighted by Crippen LogP contribution is 2.25. The first-order valence-corrected chi connectivity index (χ1v) is 5.67. The van der Waals surface area contributed by atoms with Gasteiger partial charge in [-0.05, 0) is 6.07 Å². The van der Waals surface area contributed by atoms with Crippen LogP contribution in [0.15, 0.2) is 24.3 Å². The summed E-state index contributed by atoms with van der Waals surface area (Å²) in [4.78, 5) is 10.6. The molecule has 0 saturated heterocycles. The Morgan fingerprint density at radius 1 is 1.26 bits per heavy atom. The molecule has 1 amide bonds. The van der Waals surface area contributed by atoms with E-state index in [0.29, 0.717) is 18.7 Å². The van der Waals surface area contributed by atoms with E-state index in [-0.39, 0.29) is 18.2 Å². The standard InChI is InChI=1S/C12H15F3N2O2/c1-9(18)17-7-6-16-8-10-4-2-3-5-11(10)19-12(13,14)15/h2-5,16H,6-8H2,1H3,(H,17,18). The number of alkyl halides is 3. The maximum atomic E-state index is 12.2. The van der Waals surface area contributed by atoms with E-state index in [9.17, 15) is 18.0 Å². The molecule has 2 N–H and O–H groups in total. The van der Waals surface area contributed by atoms with Crippen molar-refractivity contribution in [3.05, 3.63) is 29.8 Å². The minimum absolute atomic E-state index is 0.150. The van der Waals surface area contributed by atoms with Gasteiger partial charge in [0.05, 0.1) is 0 Å². The molecule has 0 fully saturated rings. The topological polar surface area (TPSA) is 50.4 Å². The summed E-state index contributed by atoms with van der Waals surface area (Å²) in [5, 5.41) is 5.49. The molecule has 0 unspecified atom stereocenters. The monoisotopic (exact) mass is 276 g/mol. The fraction of sp³-hybridized carbons (Fsp3) is 0.417. The van der Waals surface area contributed by atoms with Crippen molar-refractivity contribution in [1.29, 1.82) is 0 Å². The second-order valence-corrected chi connectivity index (χ2v) is 3.82. The van der Waals surface area contributed by atoms with Gasteiger partial charge in [-0.1, -0.05) is 18.2 Å². The molecule has 1 aromatic rings. The lowest BCUT2D eigenvalue weighted by Crippen LogP contribution is -2.30. The molecule has 1 aromatic carbocycles. The minimum Gasteiger partial charge on any atom is -0.405 e. The summed E-state index contributed by atoms with van der Waals surface area (Å²) in [5.74, 6) is -0.371. The van der Waals surface area contributed by atoms with Crippen molar-refractivity contribution in [3.63, 3.8) is 0 Å². The smallest absolute Gasteiger partial charge is 0.405 e. The number of carbonyl (C=O) groups is 1. The zero-order chi connectivity index (χ0) is 14.3. The Morgan fingerprint density at radius 2 is 1.95 bits per heavy atom. The Hall–Kier alpha value is -1.76. The van der Waals surface area contributed by atoms with Gasteiger partial charge in [0, 0.05) is 32.1 Å². The second kappa shape index (κ2) is 6.98. The van der Waals surface area contributed by atoms with Crippen LogP contribution in [0.1, 0.15) is 12.5 Å². The molecule has 7 heteroatoms. The molecule has 0 spiro atoms. The van der Waals surface area contributed by atoms with Crippen LogP contribution in [0.3, 0.4) is 0 Å². The Bertz CT molecular complexity index is 422. The van der Waals surface area contributed by atoms with Crippen molar-refractivity contribution in [2.24, 2.45) is 0 Å². The zero-order valence-electron chi connectivity index (χ0n) is 10.4. The predicted molar refractivity (Wildman–Crippen MR) is 63.5 cm³/mol. The van der Waals surface area contributed by atoms with Crippen LogP contribution in [0.25, 0.3) is 0 Å². The van der Waals surface area contributed by atoms with Gasteiger partial charge in [-0.2, -0.15) is 0 Å². The Kier molecular flexibility index (Phi) is 5.62. The number of hydrogen-bond acceptors (Lipinski definition) is 3. The lowest BCUT2D eigenvalue weighted by atomic mass is 10.2. The molecule has 0 saturated carbocycles. The van der Waals surface area contributed by atoms with Crippen molar-refractivity contribution < 1.29 is 22.7 Å². The highest BCUT2D eigenvalue weighted by Gasteiger charge is 2.31. The van der Waals surface area contributed by atoms with E-state index in [2.05, 4.69) is 15.4 Å².